The summed E-state index contributed by atoms with van der Waals surface area (Å²) in [5, 5.41) is 8.73. The van der Waals surface area contributed by atoms with E-state index in [9.17, 15) is 9.18 Å². The fourth-order valence-electron chi connectivity index (χ4n) is 1.81. The average molecular weight is 245 g/mol. The van der Waals surface area contributed by atoms with Gasteiger partial charge in [-0.2, -0.15) is 0 Å². The predicted molar refractivity (Wildman–Crippen MR) is 65.1 cm³/mol. The molecular formula is C14H12FNO2. The first-order valence-electron chi connectivity index (χ1n) is 5.49. The van der Waals surface area contributed by atoms with Crippen LogP contribution in [0.2, 0.25) is 0 Å². The molecule has 0 fully saturated rings. The normalized spacial score (nSPS) is 10.3. The third-order valence-electron chi connectivity index (χ3n) is 2.55. The van der Waals surface area contributed by atoms with Gasteiger partial charge in [-0.25, -0.2) is 14.2 Å². The maximum atomic E-state index is 13.2. The Morgan fingerprint density at radius 3 is 2.61 bits per heavy atom. The minimum Gasteiger partial charge on any atom is -0.477 e. The highest BCUT2D eigenvalue weighted by molar-refractivity contribution is 5.85. The number of aromatic carboxylic acids is 1. The molecule has 0 saturated carbocycles. The van der Waals surface area contributed by atoms with Gasteiger partial charge in [-0.1, -0.05) is 12.1 Å². The van der Waals surface area contributed by atoms with Gasteiger partial charge in [-0.05, 0) is 48.2 Å². The summed E-state index contributed by atoms with van der Waals surface area (Å²) in [7, 11) is 0. The number of carboxylic acid groups (broad SMARTS) is 1. The molecule has 2 aromatic rings. The number of halogens is 1. The summed E-state index contributed by atoms with van der Waals surface area (Å²) in [6, 6.07) is 7.97. The number of carboxylic acids is 1. The van der Waals surface area contributed by atoms with Crippen molar-refractivity contribution >= 4 is 5.97 Å². The highest BCUT2D eigenvalue weighted by Gasteiger charge is 2.05. The quantitative estimate of drug-likeness (QED) is 0.904. The molecule has 2 rings (SSSR count). The van der Waals surface area contributed by atoms with Crippen molar-refractivity contribution in [2.24, 2.45) is 0 Å². The van der Waals surface area contributed by atoms with Gasteiger partial charge < -0.3 is 5.11 Å². The van der Waals surface area contributed by atoms with E-state index in [-0.39, 0.29) is 11.5 Å². The number of benzene rings is 1. The number of hydrogen-bond acceptors (Lipinski definition) is 2. The summed E-state index contributed by atoms with van der Waals surface area (Å²) in [5.74, 6) is -1.32. The summed E-state index contributed by atoms with van der Waals surface area (Å²) in [6.45, 7) is 1.83. The highest BCUT2D eigenvalue weighted by Crippen LogP contribution is 2.13. The van der Waals surface area contributed by atoms with Crippen molar-refractivity contribution in [1.29, 1.82) is 0 Å². The van der Waals surface area contributed by atoms with Crippen molar-refractivity contribution in [1.82, 2.24) is 4.98 Å². The maximum Gasteiger partial charge on any atom is 0.354 e. The Labute approximate surface area is 104 Å². The zero-order valence-corrected chi connectivity index (χ0v) is 9.85. The first-order valence-corrected chi connectivity index (χ1v) is 5.49. The number of aromatic nitrogens is 1. The van der Waals surface area contributed by atoms with Crippen LogP contribution in [0.15, 0.2) is 36.5 Å². The Kier molecular flexibility index (Phi) is 3.37. The Bertz CT molecular complexity index is 559. The Balaban J connectivity index is 2.20. The average Bonchev–Trinajstić information content (AvgIpc) is 2.28. The minimum atomic E-state index is -1.05. The van der Waals surface area contributed by atoms with E-state index in [2.05, 4.69) is 4.98 Å². The fourth-order valence-corrected chi connectivity index (χ4v) is 1.81. The second-order valence-corrected chi connectivity index (χ2v) is 4.17. The first-order chi connectivity index (χ1) is 8.54. The lowest BCUT2D eigenvalue weighted by Gasteiger charge is -2.04. The van der Waals surface area contributed by atoms with E-state index in [1.165, 1.54) is 24.4 Å². The van der Waals surface area contributed by atoms with Gasteiger partial charge in [0.2, 0.25) is 0 Å². The second kappa shape index (κ2) is 4.96. The van der Waals surface area contributed by atoms with Crippen molar-refractivity contribution in [2.75, 3.05) is 0 Å². The third kappa shape index (κ3) is 2.91. The molecule has 1 N–H and O–H groups in total. The van der Waals surface area contributed by atoms with Crippen molar-refractivity contribution < 1.29 is 14.3 Å². The van der Waals surface area contributed by atoms with Crippen LogP contribution in [-0.2, 0) is 6.42 Å². The van der Waals surface area contributed by atoms with E-state index in [0.29, 0.717) is 6.42 Å². The molecule has 1 aromatic carbocycles. The number of aryl methyl sites for hydroxylation is 1. The van der Waals surface area contributed by atoms with Crippen LogP contribution < -0.4 is 0 Å². The van der Waals surface area contributed by atoms with Crippen LogP contribution in [0, 0.1) is 12.7 Å². The Morgan fingerprint density at radius 1 is 1.28 bits per heavy atom. The molecule has 92 valence electrons. The minimum absolute atomic E-state index is 0.00849. The summed E-state index contributed by atoms with van der Waals surface area (Å²) < 4.78 is 13.2. The van der Waals surface area contributed by atoms with E-state index >= 15 is 0 Å². The molecule has 18 heavy (non-hydrogen) atoms. The van der Waals surface area contributed by atoms with Crippen LogP contribution in [0.1, 0.15) is 27.2 Å². The molecule has 1 aromatic heterocycles. The van der Waals surface area contributed by atoms with Gasteiger partial charge in [0.05, 0.1) is 0 Å². The zero-order valence-electron chi connectivity index (χ0n) is 9.85. The van der Waals surface area contributed by atoms with E-state index in [1.54, 1.807) is 6.07 Å². The third-order valence-corrected chi connectivity index (χ3v) is 2.55. The SMILES string of the molecule is Cc1cc(F)cc(Cc2ccc(C(=O)O)nc2)c1. The molecule has 0 unspecified atom stereocenters. The summed E-state index contributed by atoms with van der Waals surface area (Å²) in [6.07, 6.45) is 2.04. The van der Waals surface area contributed by atoms with Gasteiger partial charge in [-0.15, -0.1) is 0 Å². The molecule has 0 bridgehead atoms. The molecule has 4 heteroatoms. The van der Waals surface area contributed by atoms with Crippen LogP contribution in [0.5, 0.6) is 0 Å². The number of hydrogen-bond donors (Lipinski definition) is 1. The van der Waals surface area contributed by atoms with Crippen LogP contribution in [0.3, 0.4) is 0 Å². The van der Waals surface area contributed by atoms with E-state index in [0.717, 1.165) is 16.7 Å². The summed E-state index contributed by atoms with van der Waals surface area (Å²) >= 11 is 0. The fraction of sp³-hybridized carbons (Fsp3) is 0.143. The molecule has 0 aliphatic carbocycles. The number of carbonyl (C=O) groups is 1. The van der Waals surface area contributed by atoms with Crippen molar-refractivity contribution in [3.63, 3.8) is 0 Å². The molecule has 1 heterocycles. The second-order valence-electron chi connectivity index (χ2n) is 4.17. The van der Waals surface area contributed by atoms with Gasteiger partial charge >= 0.3 is 5.97 Å². The van der Waals surface area contributed by atoms with Crippen molar-refractivity contribution in [3.8, 4) is 0 Å². The zero-order chi connectivity index (χ0) is 13.1. The van der Waals surface area contributed by atoms with Crippen LogP contribution >= 0.6 is 0 Å². The molecule has 0 amide bonds. The standard InChI is InChI=1S/C14H12FNO2/c1-9-4-11(7-12(15)5-9)6-10-2-3-13(14(17)18)16-8-10/h2-5,7-8H,6H2,1H3,(H,17,18). The topological polar surface area (TPSA) is 50.2 Å². The van der Waals surface area contributed by atoms with E-state index in [4.69, 9.17) is 5.11 Å². The van der Waals surface area contributed by atoms with Gasteiger partial charge in [-0.3, -0.25) is 0 Å². The largest absolute Gasteiger partial charge is 0.477 e. The monoisotopic (exact) mass is 245 g/mol. The van der Waals surface area contributed by atoms with Gasteiger partial charge in [0, 0.05) is 6.20 Å². The summed E-state index contributed by atoms with van der Waals surface area (Å²) in [5.41, 5.74) is 2.57. The lowest BCUT2D eigenvalue weighted by atomic mass is 10.0. The summed E-state index contributed by atoms with van der Waals surface area (Å²) in [4.78, 5) is 14.5. The van der Waals surface area contributed by atoms with Crippen LogP contribution in [-0.4, -0.2) is 16.1 Å². The molecule has 0 saturated heterocycles. The molecule has 0 spiro atoms. The lowest BCUT2D eigenvalue weighted by molar-refractivity contribution is 0.0690. The van der Waals surface area contributed by atoms with Crippen molar-refractivity contribution in [2.45, 2.75) is 13.3 Å². The van der Waals surface area contributed by atoms with E-state index < -0.39 is 5.97 Å². The Hall–Kier alpha value is -2.23. The smallest absolute Gasteiger partial charge is 0.354 e. The maximum absolute atomic E-state index is 13.2. The highest BCUT2D eigenvalue weighted by atomic mass is 19.1. The van der Waals surface area contributed by atoms with Gasteiger partial charge in [0.25, 0.3) is 0 Å². The Morgan fingerprint density at radius 2 is 2.06 bits per heavy atom. The lowest BCUT2D eigenvalue weighted by Crippen LogP contribution is -2.00. The molecule has 0 radical (unpaired) electrons. The molecule has 0 aliphatic heterocycles. The molecular weight excluding hydrogens is 233 g/mol. The van der Waals surface area contributed by atoms with E-state index in [1.807, 2.05) is 13.0 Å². The van der Waals surface area contributed by atoms with Crippen molar-refractivity contribution in [3.05, 3.63) is 64.7 Å². The predicted octanol–water partition coefficient (Wildman–Crippen LogP) is 2.82. The number of rotatable bonds is 3. The van der Waals surface area contributed by atoms with Crippen LogP contribution in [0.25, 0.3) is 0 Å². The first kappa shape index (κ1) is 12.2. The number of pyridine rings is 1. The van der Waals surface area contributed by atoms with Gasteiger partial charge in [0.15, 0.2) is 0 Å². The van der Waals surface area contributed by atoms with Gasteiger partial charge in [0.1, 0.15) is 11.5 Å². The number of nitrogens with zero attached hydrogens (tertiary/aromatic N) is 1. The molecule has 3 nitrogen and oxygen atoms in total. The molecule has 0 aliphatic rings. The van der Waals surface area contributed by atoms with Crippen LogP contribution in [0.4, 0.5) is 4.39 Å². The molecule has 0 atom stereocenters.